The molecule has 3 aromatic rings. The van der Waals surface area contributed by atoms with Crippen LogP contribution in [0, 0.1) is 6.92 Å². The third-order valence-corrected chi connectivity index (χ3v) is 8.99. The fourth-order valence-electron chi connectivity index (χ4n) is 3.56. The summed E-state index contributed by atoms with van der Waals surface area (Å²) < 4.78 is 60.2. The van der Waals surface area contributed by atoms with Gasteiger partial charge in [-0.1, -0.05) is 17.7 Å². The van der Waals surface area contributed by atoms with Gasteiger partial charge in [-0.2, -0.15) is 0 Å². The summed E-state index contributed by atoms with van der Waals surface area (Å²) in [7, 11) is -8.00. The lowest BCUT2D eigenvalue weighted by molar-refractivity contribution is -0.116. The maximum Gasteiger partial charge on any atom is 0.240 e. The molecule has 0 saturated heterocycles. The van der Waals surface area contributed by atoms with E-state index in [1.165, 1.54) is 42.7 Å². The summed E-state index contributed by atoms with van der Waals surface area (Å²) in [4.78, 5) is 11.9. The van der Waals surface area contributed by atoms with Crippen molar-refractivity contribution in [3.8, 4) is 0 Å². The monoisotopic (exact) mass is 474 g/mol. The normalized spacial score (nSPS) is 17.1. The van der Waals surface area contributed by atoms with Gasteiger partial charge in [-0.05, 0) is 61.9 Å². The molecule has 32 heavy (non-hydrogen) atoms. The molecule has 2 atom stereocenters. The van der Waals surface area contributed by atoms with Crippen LogP contribution in [-0.2, 0) is 24.7 Å². The predicted molar refractivity (Wildman–Crippen MR) is 118 cm³/mol. The Balaban J connectivity index is 1.63. The number of nitrogens with one attached hydrogen (secondary N) is 2. The van der Waals surface area contributed by atoms with E-state index in [0.29, 0.717) is 11.3 Å². The number of amides is 1. The molecule has 1 aromatic heterocycles. The summed E-state index contributed by atoms with van der Waals surface area (Å²) in [6.07, 6.45) is 1.34. The molecule has 0 bridgehead atoms. The first-order valence-corrected chi connectivity index (χ1v) is 12.9. The summed E-state index contributed by atoms with van der Waals surface area (Å²) >= 11 is 0. The van der Waals surface area contributed by atoms with Gasteiger partial charge in [-0.3, -0.25) is 4.79 Å². The van der Waals surface area contributed by atoms with Crippen LogP contribution < -0.4 is 10.0 Å². The van der Waals surface area contributed by atoms with Crippen molar-refractivity contribution < 1.29 is 26.0 Å². The van der Waals surface area contributed by atoms with Gasteiger partial charge >= 0.3 is 0 Å². The van der Waals surface area contributed by atoms with Crippen LogP contribution in [0.1, 0.15) is 35.0 Å². The zero-order chi connectivity index (χ0) is 23.1. The van der Waals surface area contributed by atoms with Crippen LogP contribution in [0.5, 0.6) is 0 Å². The summed E-state index contributed by atoms with van der Waals surface area (Å²) in [5.41, 5.74) is 2.04. The molecule has 8 nitrogen and oxygen atoms in total. The van der Waals surface area contributed by atoms with E-state index >= 15 is 0 Å². The Kier molecular flexibility index (Phi) is 5.70. The molecule has 168 valence electrons. The van der Waals surface area contributed by atoms with E-state index < -0.39 is 37.6 Å². The molecule has 0 spiro atoms. The number of sulfonamides is 1. The van der Waals surface area contributed by atoms with Crippen LogP contribution in [0.2, 0.25) is 0 Å². The van der Waals surface area contributed by atoms with Crippen molar-refractivity contribution in [3.63, 3.8) is 0 Å². The fourth-order valence-corrected chi connectivity index (χ4v) is 6.34. The highest BCUT2D eigenvalue weighted by Gasteiger charge is 2.34. The van der Waals surface area contributed by atoms with Crippen molar-refractivity contribution in [2.45, 2.75) is 34.8 Å². The van der Waals surface area contributed by atoms with Crippen molar-refractivity contribution in [2.24, 2.45) is 0 Å². The SMILES string of the molecule is Cc1ccc(S(=O)(=O)C(CNS(=O)(=O)c2ccc3c(c2)C(C)C(=O)N3)c2ccco2)cc1. The molecule has 1 aliphatic heterocycles. The first kappa shape index (κ1) is 22.3. The summed E-state index contributed by atoms with van der Waals surface area (Å²) in [6.45, 7) is 3.11. The topological polar surface area (TPSA) is 123 Å². The van der Waals surface area contributed by atoms with Gasteiger partial charge in [-0.25, -0.2) is 21.6 Å². The van der Waals surface area contributed by atoms with Crippen molar-refractivity contribution in [2.75, 3.05) is 11.9 Å². The van der Waals surface area contributed by atoms with E-state index in [2.05, 4.69) is 10.0 Å². The Morgan fingerprint density at radius 1 is 1.03 bits per heavy atom. The molecular formula is C22H22N2O6S2. The molecule has 1 amide bonds. The molecule has 4 rings (SSSR count). The van der Waals surface area contributed by atoms with E-state index in [1.54, 1.807) is 25.1 Å². The lowest BCUT2D eigenvalue weighted by Crippen LogP contribution is -2.32. The largest absolute Gasteiger partial charge is 0.468 e. The zero-order valence-corrected chi connectivity index (χ0v) is 19.0. The third-order valence-electron chi connectivity index (χ3n) is 5.49. The molecule has 0 saturated carbocycles. The fraction of sp³-hybridized carbons (Fsp3) is 0.227. The van der Waals surface area contributed by atoms with Crippen molar-refractivity contribution in [1.82, 2.24) is 4.72 Å². The number of aryl methyl sites for hydroxylation is 1. The zero-order valence-electron chi connectivity index (χ0n) is 17.4. The van der Waals surface area contributed by atoms with Crippen molar-refractivity contribution in [3.05, 3.63) is 77.7 Å². The van der Waals surface area contributed by atoms with E-state index in [-0.39, 0.29) is 21.5 Å². The number of fused-ring (bicyclic) bond motifs is 1. The molecule has 0 fully saturated rings. The Morgan fingerprint density at radius 3 is 2.38 bits per heavy atom. The van der Waals surface area contributed by atoms with Crippen LogP contribution >= 0.6 is 0 Å². The molecule has 1 aliphatic rings. The first-order chi connectivity index (χ1) is 15.1. The van der Waals surface area contributed by atoms with E-state index in [1.807, 2.05) is 6.92 Å². The van der Waals surface area contributed by atoms with Gasteiger partial charge in [0.2, 0.25) is 15.9 Å². The Hall–Kier alpha value is -2.95. The highest BCUT2D eigenvalue weighted by molar-refractivity contribution is 7.92. The van der Waals surface area contributed by atoms with Crippen LogP contribution in [0.15, 0.2) is 75.1 Å². The van der Waals surface area contributed by atoms with Crippen LogP contribution in [0.4, 0.5) is 5.69 Å². The standard InChI is InChI=1S/C22H22N2O6S2/c1-14-5-7-16(8-6-14)31(26,27)21(20-4-3-11-30-20)13-23-32(28,29)17-9-10-19-18(12-17)15(2)22(25)24-19/h3-12,15,21,23H,13H2,1-2H3,(H,24,25). The third kappa shape index (κ3) is 4.08. The number of rotatable bonds is 7. The number of furan rings is 1. The van der Waals surface area contributed by atoms with Gasteiger partial charge < -0.3 is 9.73 Å². The van der Waals surface area contributed by atoms with E-state index in [4.69, 9.17) is 4.42 Å². The Bertz CT molecular complexity index is 1360. The van der Waals surface area contributed by atoms with Gasteiger partial charge in [0.15, 0.2) is 9.84 Å². The molecule has 2 unspecified atom stereocenters. The molecule has 2 heterocycles. The summed E-state index contributed by atoms with van der Waals surface area (Å²) in [5, 5.41) is 1.43. The average Bonchev–Trinajstić information content (AvgIpc) is 3.37. The molecule has 2 N–H and O–H groups in total. The number of carbonyl (C=O) groups is 1. The first-order valence-electron chi connectivity index (χ1n) is 9.88. The minimum Gasteiger partial charge on any atom is -0.468 e. The Labute approximate surface area is 186 Å². The molecular weight excluding hydrogens is 452 g/mol. The van der Waals surface area contributed by atoms with Crippen LogP contribution in [-0.4, -0.2) is 29.3 Å². The highest BCUT2D eigenvalue weighted by atomic mass is 32.2. The van der Waals surface area contributed by atoms with Crippen LogP contribution in [0.3, 0.4) is 0 Å². The average molecular weight is 475 g/mol. The van der Waals surface area contributed by atoms with Gasteiger partial charge in [-0.15, -0.1) is 0 Å². The second-order valence-electron chi connectivity index (χ2n) is 7.67. The van der Waals surface area contributed by atoms with Crippen molar-refractivity contribution >= 4 is 31.5 Å². The summed E-state index contributed by atoms with van der Waals surface area (Å²) in [6, 6.07) is 13.7. The smallest absolute Gasteiger partial charge is 0.240 e. The minimum atomic E-state index is -4.05. The number of hydrogen-bond acceptors (Lipinski definition) is 6. The lowest BCUT2D eigenvalue weighted by Gasteiger charge is -2.17. The minimum absolute atomic E-state index is 0.0504. The molecule has 0 aliphatic carbocycles. The maximum atomic E-state index is 13.3. The lowest BCUT2D eigenvalue weighted by atomic mass is 10.0. The van der Waals surface area contributed by atoms with Gasteiger partial charge in [0.05, 0.1) is 22.0 Å². The number of anilines is 1. The maximum absolute atomic E-state index is 13.3. The molecule has 2 aromatic carbocycles. The van der Waals surface area contributed by atoms with Gasteiger partial charge in [0, 0.05) is 12.2 Å². The van der Waals surface area contributed by atoms with Crippen molar-refractivity contribution in [1.29, 1.82) is 0 Å². The molecule has 0 radical (unpaired) electrons. The molecule has 10 heteroatoms. The Morgan fingerprint density at radius 2 is 1.72 bits per heavy atom. The van der Waals surface area contributed by atoms with Gasteiger partial charge in [0.25, 0.3) is 0 Å². The predicted octanol–water partition coefficient (Wildman–Crippen LogP) is 3.14. The van der Waals surface area contributed by atoms with E-state index in [9.17, 15) is 21.6 Å². The number of hydrogen-bond donors (Lipinski definition) is 2. The summed E-state index contributed by atoms with van der Waals surface area (Å²) in [5.74, 6) is -0.548. The van der Waals surface area contributed by atoms with Gasteiger partial charge in [0.1, 0.15) is 11.0 Å². The van der Waals surface area contributed by atoms with E-state index in [0.717, 1.165) is 5.56 Å². The second kappa shape index (κ2) is 8.19. The second-order valence-corrected chi connectivity index (χ2v) is 11.6. The van der Waals surface area contributed by atoms with Crippen LogP contribution in [0.25, 0.3) is 0 Å². The number of carbonyl (C=O) groups excluding carboxylic acids is 1. The highest BCUT2D eigenvalue weighted by Crippen LogP contribution is 2.34. The number of benzene rings is 2. The number of sulfone groups is 1. The quantitative estimate of drug-likeness (QED) is 0.542.